The van der Waals surface area contributed by atoms with E-state index >= 15 is 0 Å². The molecule has 1 aliphatic rings. The highest BCUT2D eigenvalue weighted by molar-refractivity contribution is 5.90. The van der Waals surface area contributed by atoms with Crippen LogP contribution in [0.15, 0.2) is 24.4 Å². The lowest BCUT2D eigenvalue weighted by atomic mass is 9.93. The first-order valence-electron chi connectivity index (χ1n) is 9.75. The number of amides is 1. The van der Waals surface area contributed by atoms with Gasteiger partial charge in [0.05, 0.1) is 30.7 Å². The molecule has 0 bridgehead atoms. The summed E-state index contributed by atoms with van der Waals surface area (Å²) in [7, 11) is 1.53. The minimum absolute atomic E-state index is 0.0593. The van der Waals surface area contributed by atoms with Gasteiger partial charge in [-0.15, -0.1) is 5.10 Å². The Kier molecular flexibility index (Phi) is 6.60. The van der Waals surface area contributed by atoms with Crippen LogP contribution in [0.5, 0.6) is 11.5 Å². The van der Waals surface area contributed by atoms with Crippen molar-refractivity contribution in [3.05, 3.63) is 41.5 Å². The van der Waals surface area contributed by atoms with Gasteiger partial charge in [0.1, 0.15) is 17.6 Å². The van der Waals surface area contributed by atoms with Crippen LogP contribution in [-0.2, 0) is 0 Å². The van der Waals surface area contributed by atoms with Gasteiger partial charge in [-0.05, 0) is 43.7 Å². The lowest BCUT2D eigenvalue weighted by molar-refractivity contribution is 0.0882. The Hall–Kier alpha value is -3.21. The number of aromatic nitrogens is 3. The summed E-state index contributed by atoms with van der Waals surface area (Å²) >= 11 is 0. The van der Waals surface area contributed by atoms with Crippen molar-refractivity contribution in [2.45, 2.75) is 57.6 Å². The highest BCUT2D eigenvalue weighted by Crippen LogP contribution is 2.28. The molecule has 1 N–H and O–H groups in total. The predicted octanol–water partition coefficient (Wildman–Crippen LogP) is 3.00. The number of methoxy groups -OCH3 is 1. The third kappa shape index (κ3) is 5.19. The first kappa shape index (κ1) is 20.5. The Bertz CT molecular complexity index is 884. The molecule has 8 heteroatoms. The van der Waals surface area contributed by atoms with E-state index in [0.29, 0.717) is 17.1 Å². The molecular weight excluding hydrogens is 370 g/mol. The van der Waals surface area contributed by atoms with E-state index in [1.165, 1.54) is 7.11 Å². The molecule has 1 amide bonds. The third-order valence-corrected chi connectivity index (χ3v) is 4.98. The number of nitrogens with zero attached hydrogens (tertiary/aromatic N) is 4. The van der Waals surface area contributed by atoms with Gasteiger partial charge in [-0.1, -0.05) is 13.8 Å². The smallest absolute Gasteiger partial charge is 0.291 e. The number of hydrogen-bond donors (Lipinski definition) is 1. The van der Waals surface area contributed by atoms with E-state index in [2.05, 4.69) is 26.6 Å². The second-order valence-electron chi connectivity index (χ2n) is 7.40. The lowest BCUT2D eigenvalue weighted by Gasteiger charge is -2.29. The van der Waals surface area contributed by atoms with Crippen LogP contribution in [0.25, 0.3) is 0 Å². The Morgan fingerprint density at radius 1 is 1.24 bits per heavy atom. The summed E-state index contributed by atoms with van der Waals surface area (Å²) in [5.74, 6) is 1.20. The molecule has 1 aliphatic carbocycles. The van der Waals surface area contributed by atoms with Crippen LogP contribution < -0.4 is 14.8 Å². The summed E-state index contributed by atoms with van der Waals surface area (Å²) < 4.78 is 11.3. The number of nitrogens with one attached hydrogen (secondary N) is 1. The Labute approximate surface area is 170 Å². The van der Waals surface area contributed by atoms with E-state index in [9.17, 15) is 4.79 Å². The van der Waals surface area contributed by atoms with Crippen LogP contribution in [0.1, 0.15) is 67.3 Å². The maximum Gasteiger partial charge on any atom is 0.291 e. The van der Waals surface area contributed by atoms with Gasteiger partial charge in [-0.2, -0.15) is 10.4 Å². The predicted molar refractivity (Wildman–Crippen MR) is 106 cm³/mol. The number of ether oxygens (including phenoxy) is 2. The van der Waals surface area contributed by atoms with Crippen molar-refractivity contribution in [2.75, 3.05) is 7.11 Å². The first-order valence-corrected chi connectivity index (χ1v) is 9.75. The van der Waals surface area contributed by atoms with Crippen LogP contribution in [0.2, 0.25) is 0 Å². The van der Waals surface area contributed by atoms with Gasteiger partial charge in [-0.3, -0.25) is 4.79 Å². The molecule has 0 spiro atoms. The lowest BCUT2D eigenvalue weighted by Crippen LogP contribution is -2.40. The van der Waals surface area contributed by atoms with Gasteiger partial charge in [0.25, 0.3) is 5.91 Å². The molecule has 1 fully saturated rings. The van der Waals surface area contributed by atoms with E-state index in [1.54, 1.807) is 24.4 Å². The summed E-state index contributed by atoms with van der Waals surface area (Å²) in [5, 5.41) is 20.0. The second kappa shape index (κ2) is 9.32. The molecule has 8 nitrogen and oxygen atoms in total. The van der Waals surface area contributed by atoms with Crippen molar-refractivity contribution >= 4 is 5.91 Å². The highest BCUT2D eigenvalue weighted by atomic mass is 16.5. The molecule has 1 saturated carbocycles. The summed E-state index contributed by atoms with van der Waals surface area (Å²) in [5.41, 5.74) is 1.24. The minimum atomic E-state index is -0.297. The van der Waals surface area contributed by atoms with Gasteiger partial charge in [0, 0.05) is 12.1 Å². The molecule has 0 unspecified atom stereocenters. The zero-order chi connectivity index (χ0) is 20.8. The molecule has 0 aliphatic heterocycles. The quantitative estimate of drug-likeness (QED) is 0.800. The van der Waals surface area contributed by atoms with Crippen LogP contribution in [-0.4, -0.2) is 40.3 Å². The van der Waals surface area contributed by atoms with Crippen molar-refractivity contribution < 1.29 is 14.3 Å². The van der Waals surface area contributed by atoms with Gasteiger partial charge < -0.3 is 14.8 Å². The number of carbonyl (C=O) groups is 1. The molecule has 0 atom stereocenters. The normalized spacial score (nSPS) is 18.7. The maximum absolute atomic E-state index is 12.3. The van der Waals surface area contributed by atoms with E-state index in [1.807, 2.05) is 13.8 Å². The second-order valence-corrected chi connectivity index (χ2v) is 7.40. The molecule has 2 aromatic rings. The van der Waals surface area contributed by atoms with Crippen LogP contribution >= 0.6 is 0 Å². The number of rotatable bonds is 6. The van der Waals surface area contributed by atoms with Crippen LogP contribution in [0.3, 0.4) is 0 Å². The molecule has 29 heavy (non-hydrogen) atoms. The van der Waals surface area contributed by atoms with Gasteiger partial charge >= 0.3 is 0 Å². The molecule has 1 heterocycles. The number of nitriles is 1. The van der Waals surface area contributed by atoms with E-state index in [4.69, 9.17) is 14.7 Å². The van der Waals surface area contributed by atoms with Gasteiger partial charge in [0.15, 0.2) is 0 Å². The largest absolute Gasteiger partial charge is 0.495 e. The fourth-order valence-corrected chi connectivity index (χ4v) is 3.26. The van der Waals surface area contributed by atoms with Crippen LogP contribution in [0.4, 0.5) is 0 Å². The molecule has 0 saturated heterocycles. The summed E-state index contributed by atoms with van der Waals surface area (Å²) in [6.45, 7) is 4.00. The SMILES string of the molecule is COc1cc(OC2CCC(NC(=O)c3ncc(C(C)C)nn3)CC2)ccc1C#N. The fourth-order valence-electron chi connectivity index (χ4n) is 3.26. The first-order chi connectivity index (χ1) is 14.0. The Morgan fingerprint density at radius 3 is 2.59 bits per heavy atom. The van der Waals surface area contributed by atoms with Crippen molar-refractivity contribution in [3.8, 4) is 17.6 Å². The third-order valence-electron chi connectivity index (χ3n) is 4.98. The van der Waals surface area contributed by atoms with E-state index < -0.39 is 0 Å². The fraction of sp³-hybridized carbons (Fsp3) is 0.476. The highest BCUT2D eigenvalue weighted by Gasteiger charge is 2.25. The molecule has 152 valence electrons. The Morgan fingerprint density at radius 2 is 2.00 bits per heavy atom. The molecule has 1 aromatic carbocycles. The van der Waals surface area contributed by atoms with Crippen molar-refractivity contribution in [1.29, 1.82) is 5.26 Å². The number of benzene rings is 1. The van der Waals surface area contributed by atoms with Crippen LogP contribution in [0, 0.1) is 11.3 Å². The van der Waals surface area contributed by atoms with E-state index in [-0.39, 0.29) is 29.8 Å². The van der Waals surface area contributed by atoms with Crippen molar-refractivity contribution in [2.24, 2.45) is 0 Å². The maximum atomic E-state index is 12.3. The standard InChI is InChI=1S/C21H25N5O3/c1-13(2)18-12-23-20(26-25-18)21(27)24-15-5-8-16(9-6-15)29-17-7-4-14(11-22)19(10-17)28-3/h4,7,10,12-13,15-16H,5-6,8-9H2,1-3H3,(H,24,27). The zero-order valence-electron chi connectivity index (χ0n) is 16.9. The molecule has 0 radical (unpaired) electrons. The minimum Gasteiger partial charge on any atom is -0.495 e. The number of hydrogen-bond acceptors (Lipinski definition) is 7. The summed E-state index contributed by atoms with van der Waals surface area (Å²) in [6, 6.07) is 7.35. The molecule has 3 rings (SSSR count). The zero-order valence-corrected chi connectivity index (χ0v) is 16.9. The summed E-state index contributed by atoms with van der Waals surface area (Å²) in [4.78, 5) is 16.5. The average Bonchev–Trinajstić information content (AvgIpc) is 2.75. The van der Waals surface area contributed by atoms with Gasteiger partial charge in [0.2, 0.25) is 5.82 Å². The van der Waals surface area contributed by atoms with Crippen molar-refractivity contribution in [1.82, 2.24) is 20.5 Å². The Balaban J connectivity index is 1.50. The van der Waals surface area contributed by atoms with Crippen molar-refractivity contribution in [3.63, 3.8) is 0 Å². The topological polar surface area (TPSA) is 110 Å². The average molecular weight is 395 g/mol. The molecule has 1 aromatic heterocycles. The summed E-state index contributed by atoms with van der Waals surface area (Å²) in [6.07, 6.45) is 4.91. The monoisotopic (exact) mass is 395 g/mol. The van der Waals surface area contributed by atoms with E-state index in [0.717, 1.165) is 31.4 Å². The molecular formula is C21H25N5O3. The number of carbonyl (C=O) groups excluding carboxylic acids is 1. The van der Waals surface area contributed by atoms with Gasteiger partial charge in [-0.25, -0.2) is 4.98 Å².